The number of nitrogens with one attached hydrogen (secondary N) is 2. The highest BCUT2D eigenvalue weighted by atomic mass is 16.6. The van der Waals surface area contributed by atoms with Crippen molar-refractivity contribution in [1.29, 1.82) is 0 Å². The van der Waals surface area contributed by atoms with E-state index in [1.165, 1.54) is 6.08 Å². The molecule has 1 spiro atoms. The predicted molar refractivity (Wildman–Crippen MR) is 137 cm³/mol. The van der Waals surface area contributed by atoms with Gasteiger partial charge in [-0.3, -0.25) is 9.59 Å². The number of carbonyl (C=O) groups excluding carboxylic acids is 4. The summed E-state index contributed by atoms with van der Waals surface area (Å²) < 4.78 is 10.3. The number of amides is 4. The van der Waals surface area contributed by atoms with Crippen molar-refractivity contribution in [3.63, 3.8) is 0 Å². The first-order valence-electron chi connectivity index (χ1n) is 13.0. The highest BCUT2D eigenvalue weighted by Crippen LogP contribution is 2.34. The first kappa shape index (κ1) is 28.0. The molecule has 0 aromatic heterocycles. The molecule has 10 heteroatoms. The maximum atomic E-state index is 13.4. The van der Waals surface area contributed by atoms with E-state index in [0.29, 0.717) is 58.3 Å². The van der Waals surface area contributed by atoms with E-state index < -0.39 is 23.8 Å². The van der Waals surface area contributed by atoms with E-state index in [1.807, 2.05) is 37.3 Å². The van der Waals surface area contributed by atoms with Gasteiger partial charge in [0.25, 0.3) is 0 Å². The maximum absolute atomic E-state index is 13.4. The average Bonchev–Trinajstić information content (AvgIpc) is 2.92. The monoisotopic (exact) mass is 514 g/mol. The molecule has 2 N–H and O–H groups in total. The maximum Gasteiger partial charge on any atom is 0.410 e. The van der Waals surface area contributed by atoms with Gasteiger partial charge in [0.2, 0.25) is 11.8 Å². The molecule has 4 amide bonds. The number of rotatable bonds is 11. The minimum absolute atomic E-state index is 0.0839. The van der Waals surface area contributed by atoms with Gasteiger partial charge in [-0.15, -0.1) is 0 Å². The van der Waals surface area contributed by atoms with E-state index in [0.717, 1.165) is 12.0 Å². The summed E-state index contributed by atoms with van der Waals surface area (Å²) in [5.41, 5.74) is -0.0278. The van der Waals surface area contributed by atoms with Gasteiger partial charge in [-0.2, -0.15) is 0 Å². The van der Waals surface area contributed by atoms with Gasteiger partial charge in [0.15, 0.2) is 0 Å². The zero-order valence-electron chi connectivity index (χ0n) is 21.6. The van der Waals surface area contributed by atoms with Crippen LogP contribution in [-0.4, -0.2) is 78.2 Å². The third-order valence-electron chi connectivity index (χ3n) is 6.83. The van der Waals surface area contributed by atoms with E-state index in [2.05, 4.69) is 17.2 Å². The normalized spacial score (nSPS) is 18.8. The van der Waals surface area contributed by atoms with Gasteiger partial charge in [-0.25, -0.2) is 9.59 Å². The second-order valence-electron chi connectivity index (χ2n) is 9.38. The average molecular weight is 515 g/mol. The topological polar surface area (TPSA) is 117 Å². The first-order chi connectivity index (χ1) is 17.9. The molecule has 2 fully saturated rings. The lowest BCUT2D eigenvalue weighted by Crippen LogP contribution is -2.73. The summed E-state index contributed by atoms with van der Waals surface area (Å²) in [5.74, 6) is -0.244. The van der Waals surface area contributed by atoms with Crippen molar-refractivity contribution >= 4 is 24.0 Å². The molecule has 2 heterocycles. The predicted octanol–water partition coefficient (Wildman–Crippen LogP) is 2.98. The molecule has 2 aliphatic heterocycles. The number of piperidine rings is 1. The number of unbranched alkanes of at least 4 members (excludes halogenated alkanes) is 1. The van der Waals surface area contributed by atoms with Crippen LogP contribution < -0.4 is 10.6 Å². The second-order valence-corrected chi connectivity index (χ2v) is 9.38. The molecular weight excluding hydrogens is 476 g/mol. The molecule has 1 atom stereocenters. The Bertz CT molecular complexity index is 945. The summed E-state index contributed by atoms with van der Waals surface area (Å²) in [6, 6.07) is 8.85. The largest absolute Gasteiger partial charge is 0.445 e. The number of ether oxygens (including phenoxy) is 2. The Balaban J connectivity index is 1.45. The molecule has 0 unspecified atom stereocenters. The van der Waals surface area contributed by atoms with Crippen LogP contribution in [0.1, 0.15) is 51.0 Å². The van der Waals surface area contributed by atoms with Gasteiger partial charge < -0.3 is 29.9 Å². The minimum atomic E-state index is -0.942. The summed E-state index contributed by atoms with van der Waals surface area (Å²) in [6.07, 6.45) is 3.86. The number of hydrogen-bond donors (Lipinski definition) is 2. The van der Waals surface area contributed by atoms with E-state index >= 15 is 0 Å². The number of likely N-dealkylation sites (tertiary alicyclic amines) is 1. The smallest absolute Gasteiger partial charge is 0.410 e. The Hall–Kier alpha value is -3.56. The minimum Gasteiger partial charge on any atom is -0.445 e. The Kier molecular flexibility index (Phi) is 10.3. The number of nitrogens with zero attached hydrogens (tertiary/aromatic N) is 2. The number of piperazine rings is 1. The lowest BCUT2D eigenvalue weighted by atomic mass is 9.81. The molecule has 0 aliphatic carbocycles. The van der Waals surface area contributed by atoms with Crippen LogP contribution in [0.4, 0.5) is 9.59 Å². The van der Waals surface area contributed by atoms with Crippen LogP contribution in [0.25, 0.3) is 0 Å². The van der Waals surface area contributed by atoms with Crippen molar-refractivity contribution in [3.8, 4) is 0 Å². The van der Waals surface area contributed by atoms with E-state index in [4.69, 9.17) is 9.47 Å². The van der Waals surface area contributed by atoms with Crippen molar-refractivity contribution in [2.45, 2.75) is 63.6 Å². The number of alkyl carbamates (subject to hydrolysis) is 1. The van der Waals surface area contributed by atoms with Crippen molar-refractivity contribution in [1.82, 2.24) is 20.4 Å². The molecule has 3 rings (SSSR count). The molecule has 0 radical (unpaired) electrons. The van der Waals surface area contributed by atoms with Gasteiger partial charge in [-0.1, -0.05) is 49.9 Å². The van der Waals surface area contributed by atoms with Gasteiger partial charge in [0.1, 0.15) is 24.8 Å². The quantitative estimate of drug-likeness (QED) is 0.346. The zero-order valence-corrected chi connectivity index (χ0v) is 21.6. The molecule has 2 aliphatic rings. The summed E-state index contributed by atoms with van der Waals surface area (Å²) >= 11 is 0. The van der Waals surface area contributed by atoms with Crippen molar-refractivity contribution in [3.05, 3.63) is 48.6 Å². The van der Waals surface area contributed by atoms with Gasteiger partial charge in [-0.05, 0) is 44.1 Å². The second kappa shape index (κ2) is 13.7. The van der Waals surface area contributed by atoms with Crippen molar-refractivity contribution in [2.24, 2.45) is 0 Å². The summed E-state index contributed by atoms with van der Waals surface area (Å²) in [7, 11) is 0. The summed E-state index contributed by atoms with van der Waals surface area (Å²) in [5, 5.41) is 5.66. The highest BCUT2D eigenvalue weighted by Gasteiger charge is 2.53. The lowest BCUT2D eigenvalue weighted by molar-refractivity contribution is -0.161. The van der Waals surface area contributed by atoms with Crippen LogP contribution >= 0.6 is 0 Å². The van der Waals surface area contributed by atoms with Crippen LogP contribution in [0.3, 0.4) is 0 Å². The van der Waals surface area contributed by atoms with Gasteiger partial charge >= 0.3 is 12.2 Å². The van der Waals surface area contributed by atoms with Crippen LogP contribution in [0.2, 0.25) is 0 Å². The number of carbonyl (C=O) groups is 4. The summed E-state index contributed by atoms with van der Waals surface area (Å²) in [6.45, 7) is 7.45. The molecule has 0 saturated carbocycles. The Morgan fingerprint density at radius 2 is 1.89 bits per heavy atom. The molecule has 0 bridgehead atoms. The van der Waals surface area contributed by atoms with Crippen molar-refractivity contribution < 1.29 is 28.7 Å². The van der Waals surface area contributed by atoms with Crippen LogP contribution in [0.5, 0.6) is 0 Å². The Morgan fingerprint density at radius 1 is 1.16 bits per heavy atom. The van der Waals surface area contributed by atoms with Gasteiger partial charge in [0, 0.05) is 26.2 Å². The fraction of sp³-hybridized carbons (Fsp3) is 0.556. The molecule has 37 heavy (non-hydrogen) atoms. The van der Waals surface area contributed by atoms with Gasteiger partial charge in [0.05, 0.1) is 0 Å². The third kappa shape index (κ3) is 7.24. The molecule has 10 nitrogen and oxygen atoms in total. The zero-order chi connectivity index (χ0) is 26.7. The van der Waals surface area contributed by atoms with Crippen LogP contribution in [0.15, 0.2) is 43.0 Å². The van der Waals surface area contributed by atoms with E-state index in [9.17, 15) is 19.2 Å². The number of hydrogen-bond acceptors (Lipinski definition) is 6. The van der Waals surface area contributed by atoms with E-state index in [1.54, 1.807) is 9.80 Å². The molecular formula is C27H38N4O6. The Morgan fingerprint density at radius 3 is 2.57 bits per heavy atom. The number of benzene rings is 1. The lowest BCUT2D eigenvalue weighted by Gasteiger charge is -2.51. The highest BCUT2D eigenvalue weighted by molar-refractivity contribution is 6.00. The molecule has 1 aromatic carbocycles. The SMILES string of the molecule is C=CCOC(=O)N1CCC2(CC1)C(=O)N[C@@H](CCCCNC(=O)OCc1ccccc1)C(=O)N2CCC. The van der Waals surface area contributed by atoms with E-state index in [-0.39, 0.29) is 25.0 Å². The molecule has 1 aromatic rings. The molecule has 202 valence electrons. The standard InChI is InChI=1S/C27H38N4O6/c1-3-16-31-23(32)22(12-8-9-15-28-25(34)37-20-21-10-6-5-7-11-21)29-24(33)27(31)13-17-30(18-14-27)26(35)36-19-4-2/h4-7,10-11,22H,2-3,8-9,12-20H2,1H3,(H,28,34)(H,29,33)/t22-/m0/s1. The van der Waals surface area contributed by atoms with Crippen LogP contribution in [-0.2, 0) is 25.7 Å². The third-order valence-corrected chi connectivity index (χ3v) is 6.83. The fourth-order valence-corrected chi connectivity index (χ4v) is 4.84. The fourth-order valence-electron chi connectivity index (χ4n) is 4.84. The molecule has 2 saturated heterocycles. The Labute approximate surface area is 218 Å². The first-order valence-corrected chi connectivity index (χ1v) is 13.0. The van der Waals surface area contributed by atoms with Crippen LogP contribution in [0, 0.1) is 0 Å². The van der Waals surface area contributed by atoms with Crippen molar-refractivity contribution in [2.75, 3.05) is 32.8 Å². The summed E-state index contributed by atoms with van der Waals surface area (Å²) in [4.78, 5) is 54.1.